The molecule has 4 unspecified atom stereocenters. The number of benzene rings is 2. The van der Waals surface area contributed by atoms with Gasteiger partial charge in [0.1, 0.15) is 24.4 Å². The topological polar surface area (TPSA) is 85.2 Å². The average Bonchev–Trinajstić information content (AvgIpc) is 2.84. The molecular weight excluding hydrogens is 440 g/mol. The van der Waals surface area contributed by atoms with Gasteiger partial charge in [-0.1, -0.05) is 55.7 Å². The maximum Gasteiger partial charge on any atom is 0.192 e. The number of fused-ring (bicyclic) bond motifs is 1. The molecule has 2 N–H and O–H groups in total. The smallest absolute Gasteiger partial charge is 0.192 e. The minimum absolute atomic E-state index is 0.0446. The third-order valence-corrected chi connectivity index (χ3v) is 7.91. The van der Waals surface area contributed by atoms with E-state index in [1.807, 2.05) is 30.3 Å². The first-order valence-electron chi connectivity index (χ1n) is 13.1. The molecule has 5 rings (SSSR count). The van der Waals surface area contributed by atoms with Gasteiger partial charge in [0.25, 0.3) is 0 Å². The molecule has 2 fully saturated rings. The summed E-state index contributed by atoms with van der Waals surface area (Å²) in [7, 11) is 0. The summed E-state index contributed by atoms with van der Waals surface area (Å²) in [5.41, 5.74) is 1.36. The van der Waals surface area contributed by atoms with Crippen molar-refractivity contribution in [1.82, 2.24) is 0 Å². The largest absolute Gasteiger partial charge is 0.872 e. The lowest BCUT2D eigenvalue weighted by Gasteiger charge is -2.34. The molecule has 2 saturated heterocycles. The molecule has 0 aliphatic carbocycles. The van der Waals surface area contributed by atoms with E-state index >= 15 is 0 Å². The Bertz CT molecular complexity index is 1250. The van der Waals surface area contributed by atoms with E-state index in [-0.39, 0.29) is 27.7 Å². The molecule has 0 radical (unpaired) electrons. The molecule has 0 bridgehead atoms. The monoisotopic (exact) mass is 476 g/mol. The Labute approximate surface area is 206 Å². The van der Waals surface area contributed by atoms with Crippen LogP contribution in [0.2, 0.25) is 0 Å². The van der Waals surface area contributed by atoms with Crippen molar-refractivity contribution >= 4 is 11.0 Å². The van der Waals surface area contributed by atoms with Gasteiger partial charge < -0.3 is 24.4 Å². The van der Waals surface area contributed by atoms with Crippen LogP contribution in [0.5, 0.6) is 11.5 Å². The van der Waals surface area contributed by atoms with Gasteiger partial charge in [-0.15, -0.1) is 0 Å². The molecule has 0 spiro atoms. The fourth-order valence-electron chi connectivity index (χ4n) is 6.14. The van der Waals surface area contributed by atoms with Crippen molar-refractivity contribution in [2.24, 2.45) is 11.8 Å². The van der Waals surface area contributed by atoms with E-state index in [4.69, 9.17) is 4.42 Å². The van der Waals surface area contributed by atoms with E-state index in [9.17, 15) is 15.0 Å². The van der Waals surface area contributed by atoms with Crippen LogP contribution in [0, 0.1) is 11.8 Å². The zero-order chi connectivity index (χ0) is 24.5. The van der Waals surface area contributed by atoms with Gasteiger partial charge in [-0.25, -0.2) is 0 Å². The Morgan fingerprint density at radius 3 is 2.09 bits per heavy atom. The van der Waals surface area contributed by atoms with E-state index in [1.165, 1.54) is 28.7 Å². The maximum absolute atomic E-state index is 13.9. The minimum Gasteiger partial charge on any atom is -0.872 e. The van der Waals surface area contributed by atoms with Gasteiger partial charge in [0.05, 0.1) is 31.6 Å². The first-order valence-corrected chi connectivity index (χ1v) is 13.1. The first kappa shape index (κ1) is 23.9. The molecule has 6 heteroatoms. The highest BCUT2D eigenvalue weighted by Crippen LogP contribution is 2.36. The van der Waals surface area contributed by atoms with E-state index < -0.39 is 5.75 Å². The van der Waals surface area contributed by atoms with E-state index in [2.05, 4.69) is 13.8 Å². The second-order valence-electron chi connectivity index (χ2n) is 10.9. The van der Waals surface area contributed by atoms with Gasteiger partial charge in [0.2, 0.25) is 0 Å². The summed E-state index contributed by atoms with van der Waals surface area (Å²) in [5.74, 6) is 0.904. The molecule has 1 aromatic heterocycles. The fourth-order valence-corrected chi connectivity index (χ4v) is 6.14. The number of rotatable bonds is 5. The van der Waals surface area contributed by atoms with Crippen LogP contribution in [0.4, 0.5) is 0 Å². The summed E-state index contributed by atoms with van der Waals surface area (Å²) in [4.78, 5) is 15.9. The number of likely N-dealkylation sites (tertiary alicyclic amines) is 2. The van der Waals surface area contributed by atoms with Crippen LogP contribution in [-0.4, -0.2) is 26.2 Å². The molecule has 2 aromatic carbocycles. The van der Waals surface area contributed by atoms with Gasteiger partial charge in [-0.2, -0.15) is 0 Å². The molecule has 35 heavy (non-hydrogen) atoms. The zero-order valence-corrected chi connectivity index (χ0v) is 20.8. The maximum atomic E-state index is 13.9. The van der Waals surface area contributed by atoms with Crippen molar-refractivity contribution in [3.05, 3.63) is 57.7 Å². The van der Waals surface area contributed by atoms with Crippen LogP contribution < -0.4 is 25.4 Å². The van der Waals surface area contributed by atoms with Crippen molar-refractivity contribution in [3.63, 3.8) is 0 Å². The summed E-state index contributed by atoms with van der Waals surface area (Å²) < 4.78 is 6.23. The fraction of sp³-hybridized carbons (Fsp3) is 0.483. The van der Waals surface area contributed by atoms with Gasteiger partial charge in [0, 0.05) is 29.0 Å². The van der Waals surface area contributed by atoms with Crippen LogP contribution in [0.1, 0.15) is 50.7 Å². The quantitative estimate of drug-likeness (QED) is 0.580. The number of hydrogen-bond donors (Lipinski definition) is 2. The second kappa shape index (κ2) is 10.0. The summed E-state index contributed by atoms with van der Waals surface area (Å²) in [6, 6.07) is 10.8. The Morgan fingerprint density at radius 1 is 0.886 bits per heavy atom. The van der Waals surface area contributed by atoms with Crippen molar-refractivity contribution in [2.45, 2.75) is 52.6 Å². The predicted octanol–water partition coefficient (Wildman–Crippen LogP) is 1.24. The van der Waals surface area contributed by atoms with Crippen LogP contribution in [0.3, 0.4) is 0 Å². The molecule has 0 amide bonds. The number of hydrogen-bond acceptors (Lipinski definition) is 4. The van der Waals surface area contributed by atoms with Crippen LogP contribution in [-0.2, 0) is 13.1 Å². The summed E-state index contributed by atoms with van der Waals surface area (Å²) in [6.45, 7) is 9.20. The molecule has 3 heterocycles. The Kier molecular flexibility index (Phi) is 6.85. The van der Waals surface area contributed by atoms with Crippen molar-refractivity contribution in [1.29, 1.82) is 0 Å². The summed E-state index contributed by atoms with van der Waals surface area (Å²) in [5, 5.41) is 27.5. The van der Waals surface area contributed by atoms with Crippen molar-refractivity contribution in [2.75, 3.05) is 26.2 Å². The standard InChI is InChI=1S/C29H36N2O4/c1-19-8-6-12-30(15-19)17-22-27(33)23(18-31-13-7-9-20(2)16-31)29-26(28(22)34)24(32)14-25(35-29)21-10-4-3-5-11-21/h3-5,10-11,14,19-20,33-34H,6-9,12-13,15-18H2,1-2H3. The van der Waals surface area contributed by atoms with E-state index in [0.29, 0.717) is 36.2 Å². The Hall–Kier alpha value is -2.83. The third kappa shape index (κ3) is 4.95. The lowest BCUT2D eigenvalue weighted by molar-refractivity contribution is -0.923. The van der Waals surface area contributed by atoms with Gasteiger partial charge in [0.15, 0.2) is 5.43 Å². The summed E-state index contributed by atoms with van der Waals surface area (Å²) >= 11 is 0. The number of nitrogens with one attached hydrogen (secondary N) is 2. The van der Waals surface area contributed by atoms with E-state index in [0.717, 1.165) is 44.6 Å². The molecule has 0 saturated carbocycles. The zero-order valence-electron chi connectivity index (χ0n) is 20.8. The van der Waals surface area contributed by atoms with Gasteiger partial charge >= 0.3 is 0 Å². The van der Waals surface area contributed by atoms with Crippen LogP contribution >= 0.6 is 0 Å². The summed E-state index contributed by atoms with van der Waals surface area (Å²) in [6.07, 6.45) is 4.59. The predicted molar refractivity (Wildman–Crippen MR) is 132 cm³/mol. The normalized spacial score (nSPS) is 25.1. The van der Waals surface area contributed by atoms with Gasteiger partial charge in [-0.05, 0) is 31.2 Å². The van der Waals surface area contributed by atoms with Crippen molar-refractivity contribution in [3.8, 4) is 22.8 Å². The van der Waals surface area contributed by atoms with Crippen LogP contribution in [0.15, 0.2) is 45.6 Å². The number of quaternary nitrogens is 2. The Balaban J connectivity index is 1.65. The molecular formula is C29H36N2O4. The first-order chi connectivity index (χ1) is 16.9. The lowest BCUT2D eigenvalue weighted by atomic mass is 9.96. The molecule has 2 aliphatic heterocycles. The number of piperidine rings is 2. The highest BCUT2D eigenvalue weighted by atomic mass is 16.3. The second-order valence-corrected chi connectivity index (χ2v) is 10.9. The molecule has 6 nitrogen and oxygen atoms in total. The Morgan fingerprint density at radius 2 is 1.49 bits per heavy atom. The van der Waals surface area contributed by atoms with Gasteiger partial charge in [-0.3, -0.25) is 4.79 Å². The SMILES string of the molecule is CC1CCC[NH+](Cc2c([O-])c(C[NH+]3CCCC(C)C3)c3oc(-c4ccccc4)cc(=O)c3c2[O-])C1. The third-order valence-electron chi connectivity index (χ3n) is 7.91. The highest BCUT2D eigenvalue weighted by Gasteiger charge is 2.26. The van der Waals surface area contributed by atoms with E-state index in [1.54, 1.807) is 0 Å². The molecule has 4 atom stereocenters. The minimum atomic E-state index is -0.435. The average molecular weight is 477 g/mol. The molecule has 2 aliphatic rings. The molecule has 186 valence electrons. The lowest BCUT2D eigenvalue weighted by Crippen LogP contribution is -3.12. The van der Waals surface area contributed by atoms with Crippen LogP contribution in [0.25, 0.3) is 22.3 Å². The van der Waals surface area contributed by atoms with Crippen molar-refractivity contribution < 1.29 is 24.4 Å². The highest BCUT2D eigenvalue weighted by molar-refractivity contribution is 5.90. The molecule has 3 aromatic rings.